The van der Waals surface area contributed by atoms with E-state index in [4.69, 9.17) is 9.47 Å². The average molecular weight is 637 g/mol. The lowest BCUT2D eigenvalue weighted by Crippen LogP contribution is -2.52. The summed E-state index contributed by atoms with van der Waals surface area (Å²) in [4.78, 5) is 43.8. The van der Waals surface area contributed by atoms with E-state index in [2.05, 4.69) is 48.1 Å². The SMILES string of the molecule is COc1cc2c(cc1OC)CN(CCc1ccc(NC(=O)c3ccc(C=c4[nH]c(=O)c(=CCC(C)(C)C)n(C)c4=O)cc3)cc1)CC2. The van der Waals surface area contributed by atoms with E-state index < -0.39 is 0 Å². The fraction of sp³-hybridized carbons (Fsp3) is 0.342. The molecular formula is C38H44N4O5. The predicted molar refractivity (Wildman–Crippen MR) is 187 cm³/mol. The van der Waals surface area contributed by atoms with Gasteiger partial charge in [0.15, 0.2) is 11.5 Å². The molecule has 2 N–H and O–H groups in total. The smallest absolute Gasteiger partial charge is 0.274 e. The first-order valence-electron chi connectivity index (χ1n) is 15.9. The van der Waals surface area contributed by atoms with Crippen molar-refractivity contribution in [3.8, 4) is 11.5 Å². The molecule has 0 saturated carbocycles. The van der Waals surface area contributed by atoms with E-state index in [1.54, 1.807) is 57.7 Å². The number of hydrogen-bond donors (Lipinski definition) is 2. The van der Waals surface area contributed by atoms with Crippen molar-refractivity contribution in [2.45, 2.75) is 46.6 Å². The number of amides is 1. The van der Waals surface area contributed by atoms with Gasteiger partial charge in [0, 0.05) is 37.9 Å². The minimum absolute atomic E-state index is 0.00148. The Morgan fingerprint density at radius 2 is 1.62 bits per heavy atom. The number of benzene rings is 3. The van der Waals surface area contributed by atoms with Crippen molar-refractivity contribution in [3.05, 3.63) is 120 Å². The van der Waals surface area contributed by atoms with Crippen LogP contribution in [-0.2, 0) is 26.4 Å². The summed E-state index contributed by atoms with van der Waals surface area (Å²) in [5.74, 6) is 1.31. The van der Waals surface area contributed by atoms with Crippen LogP contribution in [0.1, 0.15) is 59.8 Å². The monoisotopic (exact) mass is 636 g/mol. The number of anilines is 1. The first-order chi connectivity index (χ1) is 22.4. The Bertz CT molecular complexity index is 1990. The van der Waals surface area contributed by atoms with Crippen LogP contribution >= 0.6 is 0 Å². The lowest BCUT2D eigenvalue weighted by Gasteiger charge is -2.29. The number of methoxy groups -OCH3 is 2. The lowest BCUT2D eigenvalue weighted by molar-refractivity contribution is 0.102. The second-order valence-electron chi connectivity index (χ2n) is 13.3. The van der Waals surface area contributed by atoms with Gasteiger partial charge in [-0.25, -0.2) is 0 Å². The molecule has 5 rings (SSSR count). The van der Waals surface area contributed by atoms with E-state index in [0.29, 0.717) is 28.6 Å². The molecule has 47 heavy (non-hydrogen) atoms. The van der Waals surface area contributed by atoms with Gasteiger partial charge in [-0.15, -0.1) is 0 Å². The Labute approximate surface area is 275 Å². The summed E-state index contributed by atoms with van der Waals surface area (Å²) in [5, 5.41) is 3.49. The van der Waals surface area contributed by atoms with Gasteiger partial charge < -0.3 is 24.3 Å². The van der Waals surface area contributed by atoms with Gasteiger partial charge in [-0.1, -0.05) is 51.1 Å². The maximum atomic E-state index is 13.0. The molecule has 0 unspecified atom stereocenters. The summed E-state index contributed by atoms with van der Waals surface area (Å²) in [6.45, 7) is 9.02. The van der Waals surface area contributed by atoms with Crippen molar-refractivity contribution >= 4 is 23.7 Å². The Balaban J connectivity index is 1.18. The molecule has 0 fully saturated rings. The molecule has 246 valence electrons. The molecule has 0 bridgehead atoms. The second kappa shape index (κ2) is 14.3. The molecule has 1 aromatic heterocycles. The quantitative estimate of drug-likeness (QED) is 0.288. The third-order valence-electron chi connectivity index (χ3n) is 8.49. The van der Waals surface area contributed by atoms with Crippen LogP contribution in [0.3, 0.4) is 0 Å². The van der Waals surface area contributed by atoms with Crippen LogP contribution in [0.15, 0.2) is 70.3 Å². The van der Waals surface area contributed by atoms with Crippen molar-refractivity contribution < 1.29 is 14.3 Å². The highest BCUT2D eigenvalue weighted by Gasteiger charge is 2.19. The van der Waals surface area contributed by atoms with E-state index in [9.17, 15) is 14.4 Å². The number of ether oxygens (including phenoxy) is 2. The van der Waals surface area contributed by atoms with E-state index >= 15 is 0 Å². The maximum Gasteiger partial charge on any atom is 0.274 e. The van der Waals surface area contributed by atoms with Crippen molar-refractivity contribution in [3.63, 3.8) is 0 Å². The second-order valence-corrected chi connectivity index (χ2v) is 13.3. The van der Waals surface area contributed by atoms with Crippen molar-refractivity contribution in [1.82, 2.24) is 14.5 Å². The largest absolute Gasteiger partial charge is 0.493 e. The number of nitrogens with zero attached hydrogens (tertiary/aromatic N) is 2. The lowest BCUT2D eigenvalue weighted by atomic mass is 9.92. The van der Waals surface area contributed by atoms with E-state index in [0.717, 1.165) is 44.0 Å². The minimum Gasteiger partial charge on any atom is -0.493 e. The number of aromatic nitrogens is 2. The fourth-order valence-electron chi connectivity index (χ4n) is 5.69. The van der Waals surface area contributed by atoms with Gasteiger partial charge in [-0.3, -0.25) is 19.3 Å². The zero-order valence-electron chi connectivity index (χ0n) is 28.1. The van der Waals surface area contributed by atoms with Crippen LogP contribution in [0.5, 0.6) is 11.5 Å². The van der Waals surface area contributed by atoms with Gasteiger partial charge in [0.1, 0.15) is 10.7 Å². The molecule has 1 aliphatic heterocycles. The van der Waals surface area contributed by atoms with Crippen LogP contribution in [0.2, 0.25) is 0 Å². The highest BCUT2D eigenvalue weighted by molar-refractivity contribution is 6.04. The van der Waals surface area contributed by atoms with Gasteiger partial charge in [0.05, 0.1) is 14.2 Å². The number of rotatable bonds is 9. The Hall–Kier alpha value is -4.89. The molecule has 9 nitrogen and oxygen atoms in total. The predicted octanol–water partition coefficient (Wildman–Crippen LogP) is 3.99. The Morgan fingerprint density at radius 3 is 2.26 bits per heavy atom. The first-order valence-corrected chi connectivity index (χ1v) is 15.9. The highest BCUT2D eigenvalue weighted by Crippen LogP contribution is 2.33. The summed E-state index contributed by atoms with van der Waals surface area (Å²) in [7, 11) is 4.93. The van der Waals surface area contributed by atoms with Gasteiger partial charge in [-0.2, -0.15) is 0 Å². The molecule has 0 aliphatic carbocycles. The third-order valence-corrected chi connectivity index (χ3v) is 8.49. The summed E-state index contributed by atoms with van der Waals surface area (Å²) >= 11 is 0. The topological polar surface area (TPSA) is 106 Å². The summed E-state index contributed by atoms with van der Waals surface area (Å²) < 4.78 is 12.3. The molecule has 1 amide bonds. The van der Waals surface area contributed by atoms with Crippen LogP contribution in [0, 0.1) is 5.41 Å². The third kappa shape index (κ3) is 8.29. The van der Waals surface area contributed by atoms with E-state index in [1.165, 1.54) is 21.3 Å². The van der Waals surface area contributed by atoms with E-state index in [1.807, 2.05) is 24.3 Å². The van der Waals surface area contributed by atoms with Crippen LogP contribution in [0.25, 0.3) is 12.2 Å². The Morgan fingerprint density at radius 1 is 0.957 bits per heavy atom. The average Bonchev–Trinajstić information content (AvgIpc) is 3.05. The van der Waals surface area contributed by atoms with Crippen molar-refractivity contribution in [2.75, 3.05) is 32.6 Å². The molecule has 0 saturated heterocycles. The van der Waals surface area contributed by atoms with Crippen LogP contribution in [-0.4, -0.2) is 47.7 Å². The van der Waals surface area contributed by atoms with Crippen LogP contribution in [0.4, 0.5) is 5.69 Å². The standard InChI is InChI=1S/C38H44N4O5/c1-38(2,3)18-15-32-36(44)40-31(37(45)41(32)4)21-26-7-11-27(12-8-26)35(43)39-30-13-9-25(10-14-30)16-19-42-20-17-28-22-33(46-5)34(47-6)23-29(28)24-42/h7-15,21-23H,16-20,24H2,1-6H3,(H,39,43)(H,40,44). The molecule has 0 radical (unpaired) electrons. The molecule has 0 spiro atoms. The molecule has 1 aliphatic rings. The molecule has 0 atom stereocenters. The summed E-state index contributed by atoms with van der Waals surface area (Å²) in [5.41, 5.74) is 5.07. The number of H-pyrrole nitrogens is 1. The van der Waals surface area contributed by atoms with Gasteiger partial charge >= 0.3 is 0 Å². The molecular weight excluding hydrogens is 592 g/mol. The zero-order chi connectivity index (χ0) is 33.7. The summed E-state index contributed by atoms with van der Waals surface area (Å²) in [6.07, 6.45) is 5.97. The fourth-order valence-corrected chi connectivity index (χ4v) is 5.69. The number of hydrogen-bond acceptors (Lipinski definition) is 6. The molecule has 4 aromatic rings. The number of nitrogens with one attached hydrogen (secondary N) is 2. The zero-order valence-corrected chi connectivity index (χ0v) is 28.1. The van der Waals surface area contributed by atoms with Gasteiger partial charge in [-0.05, 0) is 89.4 Å². The highest BCUT2D eigenvalue weighted by atomic mass is 16.5. The maximum absolute atomic E-state index is 13.0. The molecule has 9 heteroatoms. The number of carbonyl (C=O) groups excluding carboxylic acids is 1. The van der Waals surface area contributed by atoms with Crippen molar-refractivity contribution in [1.29, 1.82) is 0 Å². The molecule has 2 heterocycles. The Kier molecular flexibility index (Phi) is 10.2. The normalized spacial score (nSPS) is 14.2. The molecule has 3 aromatic carbocycles. The number of aromatic amines is 1. The van der Waals surface area contributed by atoms with Gasteiger partial charge in [0.25, 0.3) is 17.0 Å². The van der Waals surface area contributed by atoms with Crippen molar-refractivity contribution in [2.24, 2.45) is 12.5 Å². The van der Waals surface area contributed by atoms with E-state index in [-0.39, 0.29) is 27.8 Å². The van der Waals surface area contributed by atoms with Gasteiger partial charge in [0.2, 0.25) is 0 Å². The number of carbonyl (C=O) groups is 1. The number of fused-ring (bicyclic) bond motifs is 1. The minimum atomic E-state index is -0.315. The first kappa shape index (κ1) is 33.5. The summed E-state index contributed by atoms with van der Waals surface area (Å²) in [6, 6.07) is 19.0. The van der Waals surface area contributed by atoms with Crippen LogP contribution < -0.4 is 36.6 Å².